The van der Waals surface area contributed by atoms with Crippen molar-refractivity contribution in [1.29, 1.82) is 0 Å². The average Bonchev–Trinajstić information content (AvgIpc) is 3.18. The molecule has 3 rings (SSSR count). The summed E-state index contributed by atoms with van der Waals surface area (Å²) in [6.45, 7) is 4.40. The lowest BCUT2D eigenvalue weighted by Crippen LogP contribution is -2.99. The fraction of sp³-hybridized carbons (Fsp3) is 0.652. The number of unbranched alkanes of at least 4 members (excludes halogenated alkanes) is 2. The van der Waals surface area contributed by atoms with Crippen molar-refractivity contribution in [3.05, 3.63) is 29.8 Å². The molecule has 7 heteroatoms. The van der Waals surface area contributed by atoms with Crippen molar-refractivity contribution >= 4 is 23.6 Å². The molecule has 2 aliphatic heterocycles. The first-order valence-corrected chi connectivity index (χ1v) is 12.2. The quantitative estimate of drug-likeness (QED) is 0.583. The minimum Gasteiger partial charge on any atom is -0.496 e. The standard InChI is InChI=1S/C23H35N3O3S/c1-3-4-5-10-21(27)26-15-12-23(13-16-26)25-19(17-30-23)22(28)24-14-11-18-8-6-7-9-20(18)29-2/h6-9,19,25H,3-5,10-17H2,1-2H3,(H,24,28)/p+1/t19-/m0/s1. The Morgan fingerprint density at radius 1 is 1.27 bits per heavy atom. The molecule has 0 saturated carbocycles. The maximum atomic E-state index is 12.7. The summed E-state index contributed by atoms with van der Waals surface area (Å²) in [5.41, 5.74) is 1.11. The van der Waals surface area contributed by atoms with Gasteiger partial charge in [-0.15, -0.1) is 0 Å². The van der Waals surface area contributed by atoms with Gasteiger partial charge in [0.1, 0.15) is 10.6 Å². The van der Waals surface area contributed by atoms with E-state index in [-0.39, 0.29) is 16.8 Å². The molecule has 0 aromatic heterocycles. The van der Waals surface area contributed by atoms with Crippen LogP contribution in [0.3, 0.4) is 0 Å². The molecule has 3 N–H and O–H groups in total. The van der Waals surface area contributed by atoms with Gasteiger partial charge < -0.3 is 20.3 Å². The number of amides is 2. The summed E-state index contributed by atoms with van der Waals surface area (Å²) in [4.78, 5) is 27.1. The highest BCUT2D eigenvalue weighted by atomic mass is 32.2. The van der Waals surface area contributed by atoms with Crippen LogP contribution in [0.1, 0.15) is 51.0 Å². The Morgan fingerprint density at radius 3 is 2.77 bits per heavy atom. The number of nitrogens with two attached hydrogens (primary N) is 1. The first-order valence-electron chi connectivity index (χ1n) is 11.2. The number of thioether (sulfide) groups is 1. The predicted molar refractivity (Wildman–Crippen MR) is 121 cm³/mol. The number of hydrogen-bond donors (Lipinski definition) is 2. The lowest BCUT2D eigenvalue weighted by atomic mass is 10.0. The zero-order valence-corrected chi connectivity index (χ0v) is 19.1. The van der Waals surface area contributed by atoms with Crippen molar-refractivity contribution < 1.29 is 19.6 Å². The number of nitrogens with one attached hydrogen (secondary N) is 1. The maximum absolute atomic E-state index is 12.7. The Morgan fingerprint density at radius 2 is 2.03 bits per heavy atom. The molecule has 1 spiro atoms. The summed E-state index contributed by atoms with van der Waals surface area (Å²) in [7, 11) is 1.67. The van der Waals surface area contributed by atoms with E-state index in [1.807, 2.05) is 40.9 Å². The molecule has 2 fully saturated rings. The van der Waals surface area contributed by atoms with Crippen LogP contribution in [0, 0.1) is 0 Å². The molecule has 30 heavy (non-hydrogen) atoms. The number of carbonyl (C=O) groups is 2. The van der Waals surface area contributed by atoms with Gasteiger partial charge in [0, 0.05) is 38.9 Å². The molecule has 2 saturated heterocycles. The van der Waals surface area contributed by atoms with E-state index in [9.17, 15) is 9.59 Å². The Labute approximate surface area is 184 Å². The summed E-state index contributed by atoms with van der Waals surface area (Å²) >= 11 is 1.90. The first-order chi connectivity index (χ1) is 14.6. The largest absolute Gasteiger partial charge is 0.496 e. The van der Waals surface area contributed by atoms with Crippen LogP contribution in [-0.4, -0.2) is 60.1 Å². The van der Waals surface area contributed by atoms with Crippen LogP contribution in [-0.2, 0) is 16.0 Å². The molecule has 1 aromatic rings. The van der Waals surface area contributed by atoms with Gasteiger partial charge >= 0.3 is 0 Å². The highest BCUT2D eigenvalue weighted by molar-refractivity contribution is 8.00. The molecule has 2 aliphatic rings. The van der Waals surface area contributed by atoms with Gasteiger partial charge in [0.15, 0.2) is 6.04 Å². The zero-order chi connectivity index (χ0) is 21.4. The van der Waals surface area contributed by atoms with Crippen LogP contribution in [0.4, 0.5) is 0 Å². The minimum absolute atomic E-state index is 0.0422. The van der Waals surface area contributed by atoms with Gasteiger partial charge in [0.25, 0.3) is 5.91 Å². The molecule has 166 valence electrons. The fourth-order valence-electron chi connectivity index (χ4n) is 4.36. The van der Waals surface area contributed by atoms with E-state index in [0.717, 1.165) is 68.7 Å². The normalized spacial score (nSPS) is 20.3. The number of para-hydroxylation sites is 1. The van der Waals surface area contributed by atoms with E-state index in [1.54, 1.807) is 7.11 Å². The molecule has 2 amide bonds. The lowest BCUT2D eigenvalue weighted by molar-refractivity contribution is -0.714. The van der Waals surface area contributed by atoms with Crippen LogP contribution in [0.2, 0.25) is 0 Å². The van der Waals surface area contributed by atoms with E-state index in [0.29, 0.717) is 18.9 Å². The Bertz CT molecular complexity index is 719. The maximum Gasteiger partial charge on any atom is 0.279 e. The molecular weight excluding hydrogens is 398 g/mol. The van der Waals surface area contributed by atoms with Gasteiger partial charge in [-0.2, -0.15) is 0 Å². The van der Waals surface area contributed by atoms with Crippen molar-refractivity contribution in [2.75, 3.05) is 32.5 Å². The predicted octanol–water partition coefficient (Wildman–Crippen LogP) is 1.93. The van der Waals surface area contributed by atoms with Gasteiger partial charge in [0.05, 0.1) is 12.9 Å². The number of rotatable bonds is 9. The average molecular weight is 435 g/mol. The highest BCUT2D eigenvalue weighted by Gasteiger charge is 2.48. The van der Waals surface area contributed by atoms with Crippen molar-refractivity contribution in [3.8, 4) is 5.75 Å². The summed E-state index contributed by atoms with van der Waals surface area (Å²) in [6.07, 6.45) is 6.62. The second-order valence-corrected chi connectivity index (χ2v) is 9.77. The van der Waals surface area contributed by atoms with Gasteiger partial charge in [-0.05, 0) is 24.5 Å². The van der Waals surface area contributed by atoms with Gasteiger partial charge in [-0.25, -0.2) is 0 Å². The SMILES string of the molecule is CCCCCC(=O)N1CCC2(CC1)[NH2+][C@H](C(=O)NCCc1ccccc1OC)CS2. The molecular formula is C23H36N3O3S+. The first kappa shape index (κ1) is 22.9. The van der Waals surface area contributed by atoms with E-state index < -0.39 is 0 Å². The van der Waals surface area contributed by atoms with Crippen molar-refractivity contribution in [3.63, 3.8) is 0 Å². The van der Waals surface area contributed by atoms with Gasteiger partial charge in [-0.3, -0.25) is 9.59 Å². The van der Waals surface area contributed by atoms with Gasteiger partial charge in [0.2, 0.25) is 5.91 Å². The van der Waals surface area contributed by atoms with Crippen LogP contribution >= 0.6 is 11.8 Å². The van der Waals surface area contributed by atoms with Gasteiger partial charge in [-0.1, -0.05) is 49.7 Å². The van der Waals surface area contributed by atoms with Crippen LogP contribution in [0.25, 0.3) is 0 Å². The Balaban J connectivity index is 1.40. The number of nitrogens with zero attached hydrogens (tertiary/aromatic N) is 1. The van der Waals surface area contributed by atoms with Crippen LogP contribution < -0.4 is 15.4 Å². The van der Waals surface area contributed by atoms with E-state index in [1.165, 1.54) is 0 Å². The second-order valence-electron chi connectivity index (χ2n) is 8.34. The number of carbonyl (C=O) groups excluding carboxylic acids is 2. The Kier molecular flexibility index (Phi) is 8.45. The molecule has 1 atom stereocenters. The molecule has 0 aliphatic carbocycles. The highest BCUT2D eigenvalue weighted by Crippen LogP contribution is 2.34. The van der Waals surface area contributed by atoms with Crippen LogP contribution in [0.15, 0.2) is 24.3 Å². The molecule has 6 nitrogen and oxygen atoms in total. The van der Waals surface area contributed by atoms with Crippen LogP contribution in [0.5, 0.6) is 5.75 Å². The number of likely N-dealkylation sites (tertiary alicyclic amines) is 1. The molecule has 0 unspecified atom stereocenters. The lowest BCUT2D eigenvalue weighted by Gasteiger charge is -2.36. The van der Waals surface area contributed by atoms with Crippen molar-refractivity contribution in [1.82, 2.24) is 10.2 Å². The summed E-state index contributed by atoms with van der Waals surface area (Å²) < 4.78 is 5.38. The zero-order valence-electron chi connectivity index (χ0n) is 18.3. The number of hydrogen-bond acceptors (Lipinski definition) is 4. The second kappa shape index (κ2) is 11.0. The summed E-state index contributed by atoms with van der Waals surface area (Å²) in [5, 5.41) is 5.36. The Hall–Kier alpha value is -1.73. The number of piperidine rings is 1. The minimum atomic E-state index is -0.0422. The third-order valence-electron chi connectivity index (χ3n) is 6.23. The summed E-state index contributed by atoms with van der Waals surface area (Å²) in [5.74, 6) is 2.12. The van der Waals surface area contributed by atoms with Crippen molar-refractivity contribution in [2.45, 2.75) is 62.8 Å². The summed E-state index contributed by atoms with van der Waals surface area (Å²) in [6, 6.07) is 7.89. The number of quaternary nitrogens is 1. The molecule has 0 radical (unpaired) electrons. The van der Waals surface area contributed by atoms with E-state index >= 15 is 0 Å². The van der Waals surface area contributed by atoms with E-state index in [2.05, 4.69) is 17.6 Å². The van der Waals surface area contributed by atoms with Crippen molar-refractivity contribution in [2.24, 2.45) is 0 Å². The topological polar surface area (TPSA) is 75.2 Å². The number of benzene rings is 1. The number of ether oxygens (including phenoxy) is 1. The third-order valence-corrected chi connectivity index (χ3v) is 7.88. The molecule has 0 bridgehead atoms. The van der Waals surface area contributed by atoms with E-state index in [4.69, 9.17) is 4.74 Å². The fourth-order valence-corrected chi connectivity index (χ4v) is 5.85. The molecule has 2 heterocycles. The third kappa shape index (κ3) is 5.91. The monoisotopic (exact) mass is 434 g/mol. The number of methoxy groups -OCH3 is 1. The smallest absolute Gasteiger partial charge is 0.279 e. The molecule has 1 aromatic carbocycles.